The number of halogens is 2. The molecule has 0 fully saturated rings. The average Bonchev–Trinajstić information content (AvgIpc) is 2.17. The number of anilines is 1. The van der Waals surface area contributed by atoms with Gasteiger partial charge in [-0.05, 0) is 6.07 Å². The topological polar surface area (TPSA) is 85.2 Å². The SMILES string of the molecule is Nc1ncccc1C(N)C(F)(F)CO. The molecule has 0 amide bonds. The van der Waals surface area contributed by atoms with Crippen LogP contribution >= 0.6 is 0 Å². The number of aliphatic hydroxyl groups excluding tert-OH is 1. The highest BCUT2D eigenvalue weighted by molar-refractivity contribution is 5.41. The van der Waals surface area contributed by atoms with Gasteiger partial charge in [0.1, 0.15) is 18.5 Å². The molecule has 1 unspecified atom stereocenters. The molecule has 78 valence electrons. The van der Waals surface area contributed by atoms with E-state index >= 15 is 0 Å². The van der Waals surface area contributed by atoms with Crippen LogP contribution in [-0.2, 0) is 0 Å². The van der Waals surface area contributed by atoms with E-state index in [1.165, 1.54) is 18.3 Å². The summed E-state index contributed by atoms with van der Waals surface area (Å²) >= 11 is 0. The molecule has 0 aliphatic heterocycles. The van der Waals surface area contributed by atoms with Gasteiger partial charge in [0.25, 0.3) is 5.92 Å². The molecule has 4 nitrogen and oxygen atoms in total. The molecule has 0 bridgehead atoms. The number of nitrogens with zero attached hydrogens (tertiary/aromatic N) is 1. The van der Waals surface area contributed by atoms with Crippen molar-refractivity contribution >= 4 is 5.82 Å². The number of hydrogen-bond acceptors (Lipinski definition) is 4. The predicted molar refractivity (Wildman–Crippen MR) is 47.6 cm³/mol. The van der Waals surface area contributed by atoms with E-state index in [2.05, 4.69) is 4.98 Å². The Morgan fingerprint density at radius 3 is 2.71 bits per heavy atom. The Morgan fingerprint density at radius 2 is 2.21 bits per heavy atom. The van der Waals surface area contributed by atoms with Crippen LogP contribution in [0.4, 0.5) is 14.6 Å². The van der Waals surface area contributed by atoms with Gasteiger partial charge in [-0.2, -0.15) is 0 Å². The normalized spacial score (nSPS) is 14.0. The van der Waals surface area contributed by atoms with Gasteiger partial charge in [0.15, 0.2) is 0 Å². The number of aliphatic hydroxyl groups is 1. The molecule has 1 rings (SSSR count). The van der Waals surface area contributed by atoms with Gasteiger partial charge in [-0.15, -0.1) is 0 Å². The van der Waals surface area contributed by atoms with Gasteiger partial charge >= 0.3 is 0 Å². The molecule has 14 heavy (non-hydrogen) atoms. The number of aromatic nitrogens is 1. The third kappa shape index (κ3) is 1.97. The molecular formula is C8H11F2N3O. The number of alkyl halides is 2. The minimum atomic E-state index is -3.39. The Labute approximate surface area is 79.6 Å². The highest BCUT2D eigenvalue weighted by Crippen LogP contribution is 2.30. The van der Waals surface area contributed by atoms with Crippen molar-refractivity contribution in [2.45, 2.75) is 12.0 Å². The van der Waals surface area contributed by atoms with Gasteiger partial charge in [0, 0.05) is 11.8 Å². The summed E-state index contributed by atoms with van der Waals surface area (Å²) < 4.78 is 25.9. The lowest BCUT2D eigenvalue weighted by atomic mass is 10.0. The molecule has 0 aromatic carbocycles. The Bertz CT molecular complexity index is 319. The van der Waals surface area contributed by atoms with Crippen LogP contribution in [0, 0.1) is 0 Å². The van der Waals surface area contributed by atoms with E-state index < -0.39 is 18.6 Å². The fourth-order valence-electron chi connectivity index (χ4n) is 1.02. The van der Waals surface area contributed by atoms with Crippen LogP contribution in [0.25, 0.3) is 0 Å². The fourth-order valence-corrected chi connectivity index (χ4v) is 1.02. The Kier molecular flexibility index (Phi) is 2.97. The minimum absolute atomic E-state index is 0.0338. The van der Waals surface area contributed by atoms with Gasteiger partial charge in [0.05, 0.1) is 0 Å². The maximum atomic E-state index is 13.0. The third-order valence-corrected chi connectivity index (χ3v) is 1.87. The monoisotopic (exact) mass is 203 g/mol. The molecule has 1 aromatic heterocycles. The first-order valence-electron chi connectivity index (χ1n) is 3.93. The van der Waals surface area contributed by atoms with Gasteiger partial charge < -0.3 is 16.6 Å². The maximum absolute atomic E-state index is 13.0. The number of hydrogen-bond donors (Lipinski definition) is 3. The number of rotatable bonds is 3. The predicted octanol–water partition coefficient (Wildman–Crippen LogP) is 0.291. The van der Waals surface area contributed by atoms with Crippen molar-refractivity contribution in [3.63, 3.8) is 0 Å². The molecule has 0 saturated heterocycles. The molecule has 1 atom stereocenters. The van der Waals surface area contributed by atoms with Crippen molar-refractivity contribution in [1.29, 1.82) is 0 Å². The van der Waals surface area contributed by atoms with Gasteiger partial charge in [-0.25, -0.2) is 13.8 Å². The molecule has 0 aliphatic carbocycles. The molecule has 0 aliphatic rings. The van der Waals surface area contributed by atoms with Crippen molar-refractivity contribution in [3.05, 3.63) is 23.9 Å². The van der Waals surface area contributed by atoms with E-state index in [-0.39, 0.29) is 11.4 Å². The third-order valence-electron chi connectivity index (χ3n) is 1.87. The van der Waals surface area contributed by atoms with Crippen molar-refractivity contribution in [3.8, 4) is 0 Å². The summed E-state index contributed by atoms with van der Waals surface area (Å²) in [5, 5.41) is 8.43. The Morgan fingerprint density at radius 1 is 1.57 bits per heavy atom. The molecule has 0 saturated carbocycles. The van der Waals surface area contributed by atoms with Crippen molar-refractivity contribution in [1.82, 2.24) is 4.98 Å². The Balaban J connectivity index is 3.00. The highest BCUT2D eigenvalue weighted by Gasteiger charge is 2.38. The lowest BCUT2D eigenvalue weighted by Crippen LogP contribution is -2.36. The summed E-state index contributed by atoms with van der Waals surface area (Å²) in [4.78, 5) is 3.63. The molecule has 6 heteroatoms. The molecule has 0 radical (unpaired) electrons. The first kappa shape index (κ1) is 10.8. The van der Waals surface area contributed by atoms with Crippen LogP contribution in [0.5, 0.6) is 0 Å². The van der Waals surface area contributed by atoms with Crippen LogP contribution in [0.1, 0.15) is 11.6 Å². The second kappa shape index (κ2) is 3.85. The summed E-state index contributed by atoms with van der Waals surface area (Å²) in [5.74, 6) is -3.44. The van der Waals surface area contributed by atoms with E-state index in [1.807, 2.05) is 0 Å². The average molecular weight is 203 g/mol. The van der Waals surface area contributed by atoms with Crippen molar-refractivity contribution < 1.29 is 13.9 Å². The summed E-state index contributed by atoms with van der Waals surface area (Å²) in [6, 6.07) is 1.18. The van der Waals surface area contributed by atoms with Crippen LogP contribution in [0.3, 0.4) is 0 Å². The van der Waals surface area contributed by atoms with Crippen molar-refractivity contribution in [2.24, 2.45) is 5.73 Å². The molecule has 1 heterocycles. The zero-order valence-corrected chi connectivity index (χ0v) is 7.32. The summed E-state index contributed by atoms with van der Waals surface area (Å²) in [6.07, 6.45) is 1.38. The zero-order valence-electron chi connectivity index (χ0n) is 7.32. The van der Waals surface area contributed by atoms with Crippen molar-refractivity contribution in [2.75, 3.05) is 12.3 Å². The van der Waals surface area contributed by atoms with E-state index in [0.717, 1.165) is 0 Å². The molecule has 0 spiro atoms. The molecular weight excluding hydrogens is 192 g/mol. The Hall–Kier alpha value is -1.27. The largest absolute Gasteiger partial charge is 0.390 e. The smallest absolute Gasteiger partial charge is 0.289 e. The minimum Gasteiger partial charge on any atom is -0.390 e. The first-order chi connectivity index (χ1) is 6.49. The van der Waals surface area contributed by atoms with E-state index in [0.29, 0.717) is 0 Å². The van der Waals surface area contributed by atoms with Gasteiger partial charge in [-0.1, -0.05) is 6.07 Å². The van der Waals surface area contributed by atoms with E-state index in [9.17, 15) is 8.78 Å². The highest BCUT2D eigenvalue weighted by atomic mass is 19.3. The summed E-state index contributed by atoms with van der Waals surface area (Å²) in [6.45, 7) is -1.32. The summed E-state index contributed by atoms with van der Waals surface area (Å²) in [7, 11) is 0. The van der Waals surface area contributed by atoms with E-state index in [1.54, 1.807) is 0 Å². The van der Waals surface area contributed by atoms with Crippen LogP contribution in [-0.4, -0.2) is 22.6 Å². The molecule has 5 N–H and O–H groups in total. The van der Waals surface area contributed by atoms with Crippen LogP contribution in [0.2, 0.25) is 0 Å². The van der Waals surface area contributed by atoms with Gasteiger partial charge in [0.2, 0.25) is 0 Å². The second-order valence-corrected chi connectivity index (χ2v) is 2.87. The second-order valence-electron chi connectivity index (χ2n) is 2.87. The van der Waals surface area contributed by atoms with E-state index in [4.69, 9.17) is 16.6 Å². The van der Waals surface area contributed by atoms with Crippen LogP contribution < -0.4 is 11.5 Å². The lowest BCUT2D eigenvalue weighted by molar-refractivity contribution is -0.0710. The lowest BCUT2D eigenvalue weighted by Gasteiger charge is -2.22. The van der Waals surface area contributed by atoms with Gasteiger partial charge in [-0.3, -0.25) is 0 Å². The zero-order chi connectivity index (χ0) is 10.8. The van der Waals surface area contributed by atoms with Crippen LogP contribution in [0.15, 0.2) is 18.3 Å². The number of nitrogen functional groups attached to an aromatic ring is 1. The molecule has 1 aromatic rings. The fraction of sp³-hybridized carbons (Fsp3) is 0.375. The standard InChI is InChI=1S/C8H11F2N3O/c9-8(10,4-14)6(11)5-2-1-3-13-7(5)12/h1-3,6,14H,4,11H2,(H2,12,13). The first-order valence-corrected chi connectivity index (χ1v) is 3.93. The number of pyridine rings is 1. The quantitative estimate of drug-likeness (QED) is 0.659. The maximum Gasteiger partial charge on any atom is 0.289 e. The summed E-state index contributed by atoms with van der Waals surface area (Å²) in [5.41, 5.74) is 10.7. The number of nitrogens with two attached hydrogens (primary N) is 2.